The lowest BCUT2D eigenvalue weighted by Crippen LogP contribution is -2.52. The van der Waals surface area contributed by atoms with Crippen LogP contribution < -0.4 is 15.4 Å². The van der Waals surface area contributed by atoms with Crippen LogP contribution in [0.1, 0.15) is 73.1 Å². The number of hydrogen-bond donors (Lipinski definition) is 2. The first-order valence-corrected chi connectivity index (χ1v) is 13.6. The third-order valence-corrected chi connectivity index (χ3v) is 9.25. The van der Waals surface area contributed by atoms with Crippen molar-refractivity contribution in [3.63, 3.8) is 0 Å². The van der Waals surface area contributed by atoms with Crippen LogP contribution in [-0.2, 0) is 5.54 Å². The summed E-state index contributed by atoms with van der Waals surface area (Å²) in [7, 11) is 1.51. The van der Waals surface area contributed by atoms with E-state index in [2.05, 4.69) is 20.8 Å². The summed E-state index contributed by atoms with van der Waals surface area (Å²) in [6.45, 7) is 0. The lowest BCUT2D eigenvalue weighted by atomic mass is 9.53. The molecule has 4 aliphatic carbocycles. The Balaban J connectivity index is 1.12. The summed E-state index contributed by atoms with van der Waals surface area (Å²) < 4.78 is 50.5. The molecule has 11 heteroatoms. The van der Waals surface area contributed by atoms with Crippen LogP contribution >= 0.6 is 0 Å². The first-order valence-electron chi connectivity index (χ1n) is 13.6. The van der Waals surface area contributed by atoms with Crippen LogP contribution in [-0.4, -0.2) is 38.8 Å². The zero-order chi connectivity index (χ0) is 26.9. The number of amides is 1. The molecule has 2 atom stereocenters. The predicted octanol–water partition coefficient (Wildman–Crippen LogP) is 5.93. The van der Waals surface area contributed by atoms with Gasteiger partial charge in [-0.1, -0.05) is 12.1 Å². The lowest BCUT2D eigenvalue weighted by molar-refractivity contribution is -0.173. The molecule has 3 heterocycles. The third kappa shape index (κ3) is 4.26. The summed E-state index contributed by atoms with van der Waals surface area (Å²) in [4.78, 5) is 13.1. The number of fused-ring (bicyclic) bond motifs is 1. The predicted molar refractivity (Wildman–Crippen MR) is 138 cm³/mol. The van der Waals surface area contributed by atoms with Crippen molar-refractivity contribution in [1.82, 2.24) is 19.6 Å². The maximum absolute atomic E-state index is 14.1. The molecule has 4 bridgehead atoms. The first-order chi connectivity index (χ1) is 18.7. The molecule has 0 radical (unpaired) electrons. The van der Waals surface area contributed by atoms with Crippen LogP contribution in [0.3, 0.4) is 0 Å². The summed E-state index contributed by atoms with van der Waals surface area (Å²) in [5.41, 5.74) is 1.13. The van der Waals surface area contributed by atoms with E-state index in [4.69, 9.17) is 4.74 Å². The molecule has 0 unspecified atom stereocenters. The summed E-state index contributed by atoms with van der Waals surface area (Å²) in [6, 6.07) is 5.85. The maximum Gasteiger partial charge on any atom is 0.410 e. The van der Waals surface area contributed by atoms with Crippen molar-refractivity contribution in [2.24, 2.45) is 17.8 Å². The minimum Gasteiger partial charge on any atom is -0.497 e. The van der Waals surface area contributed by atoms with E-state index in [0.717, 1.165) is 41.7 Å². The number of carbonyl (C=O) groups is 1. The number of alkyl halides is 3. The smallest absolute Gasteiger partial charge is 0.410 e. The monoisotopic (exact) mass is 540 g/mol. The summed E-state index contributed by atoms with van der Waals surface area (Å²) in [5.74, 6) is 2.40. The highest BCUT2D eigenvalue weighted by Crippen LogP contribution is 2.58. The number of ether oxygens (including phenoxy) is 1. The normalized spacial score (nSPS) is 31.0. The second-order valence-electron chi connectivity index (χ2n) is 11.9. The SMILES string of the molecule is COc1cccc([C@@H]2C[C@H](C(F)(F)F)n3nc(C(=O)Nc4cnn(C56CC7CC(CC(C7)C5)C6)c4)cc3N2)c1. The molecule has 3 aromatic rings. The summed E-state index contributed by atoms with van der Waals surface area (Å²) in [6.07, 6.45) is 6.04. The average Bonchev–Trinajstić information content (AvgIpc) is 3.54. The van der Waals surface area contributed by atoms with Gasteiger partial charge in [0.1, 0.15) is 11.6 Å². The van der Waals surface area contributed by atoms with Crippen LogP contribution in [0.15, 0.2) is 42.7 Å². The Hall–Kier alpha value is -3.50. The molecule has 39 heavy (non-hydrogen) atoms. The van der Waals surface area contributed by atoms with Gasteiger partial charge in [0.15, 0.2) is 11.7 Å². The van der Waals surface area contributed by atoms with Gasteiger partial charge >= 0.3 is 6.18 Å². The molecule has 206 valence electrons. The second-order valence-corrected chi connectivity index (χ2v) is 11.9. The number of benzene rings is 1. The molecule has 0 spiro atoms. The standard InChI is InChI=1S/C28H31F3N6O2/c1-39-21-4-2-3-19(8-21)22-9-24(28(29,30)31)37-25(34-22)10-23(35-37)26(38)33-20-14-32-36(15-20)27-11-16-5-17(12-27)7-18(6-16)13-27/h2-4,8,10,14-18,22,24,34H,5-7,9,11-13H2,1H3,(H,33,38)/t16?,17?,18?,22-,24+,27?/m0/s1. The van der Waals surface area contributed by atoms with Crippen LogP contribution in [0.4, 0.5) is 24.7 Å². The second kappa shape index (κ2) is 8.76. The van der Waals surface area contributed by atoms with Crippen LogP contribution in [0.25, 0.3) is 0 Å². The quantitative estimate of drug-likeness (QED) is 0.419. The fourth-order valence-corrected chi connectivity index (χ4v) is 7.95. The largest absolute Gasteiger partial charge is 0.497 e. The van der Waals surface area contributed by atoms with Gasteiger partial charge in [-0.2, -0.15) is 23.4 Å². The molecule has 8 nitrogen and oxygen atoms in total. The van der Waals surface area contributed by atoms with Gasteiger partial charge in [0.25, 0.3) is 5.91 Å². The number of nitrogens with zero attached hydrogens (tertiary/aromatic N) is 4. The van der Waals surface area contributed by atoms with Crippen molar-refractivity contribution >= 4 is 17.4 Å². The van der Waals surface area contributed by atoms with Gasteiger partial charge in [-0.05, 0) is 74.0 Å². The zero-order valence-electron chi connectivity index (χ0n) is 21.6. The van der Waals surface area contributed by atoms with E-state index < -0.39 is 24.2 Å². The van der Waals surface area contributed by atoms with Gasteiger partial charge in [-0.3, -0.25) is 9.48 Å². The van der Waals surface area contributed by atoms with E-state index in [1.807, 2.05) is 10.9 Å². The van der Waals surface area contributed by atoms with Gasteiger partial charge in [-0.25, -0.2) is 4.68 Å². The fraction of sp³-hybridized carbons (Fsp3) is 0.536. The molecular weight excluding hydrogens is 509 g/mol. The number of nitrogens with one attached hydrogen (secondary N) is 2. The van der Waals surface area contributed by atoms with Crippen molar-refractivity contribution in [2.75, 3.05) is 17.7 Å². The zero-order valence-corrected chi connectivity index (χ0v) is 21.6. The van der Waals surface area contributed by atoms with Crippen molar-refractivity contribution in [1.29, 1.82) is 0 Å². The molecule has 1 aromatic carbocycles. The average molecular weight is 541 g/mol. The number of halogens is 3. The maximum atomic E-state index is 14.1. The fourth-order valence-electron chi connectivity index (χ4n) is 7.95. The Kier molecular flexibility index (Phi) is 5.51. The molecule has 8 rings (SSSR count). The number of hydrogen-bond acceptors (Lipinski definition) is 5. The topological polar surface area (TPSA) is 86.0 Å². The Morgan fingerprint density at radius 1 is 1.10 bits per heavy atom. The number of aromatic nitrogens is 4. The van der Waals surface area contributed by atoms with Crippen LogP contribution in [0.2, 0.25) is 0 Å². The highest BCUT2D eigenvalue weighted by molar-refractivity contribution is 6.03. The van der Waals surface area contributed by atoms with E-state index in [0.29, 0.717) is 17.0 Å². The number of carbonyl (C=O) groups excluding carboxylic acids is 1. The number of anilines is 2. The highest BCUT2D eigenvalue weighted by Gasteiger charge is 2.52. The van der Waals surface area contributed by atoms with Crippen molar-refractivity contribution in [3.8, 4) is 5.75 Å². The molecule has 2 N–H and O–H groups in total. The Morgan fingerprint density at radius 2 is 1.82 bits per heavy atom. The molecule has 4 saturated carbocycles. The molecule has 2 aromatic heterocycles. The Bertz CT molecular complexity index is 1380. The van der Waals surface area contributed by atoms with Crippen molar-refractivity contribution in [2.45, 2.75) is 68.7 Å². The van der Waals surface area contributed by atoms with Gasteiger partial charge in [-0.15, -0.1) is 0 Å². The number of methoxy groups -OCH3 is 1. The summed E-state index contributed by atoms with van der Waals surface area (Å²) in [5, 5.41) is 14.7. The van der Waals surface area contributed by atoms with E-state index in [-0.39, 0.29) is 23.5 Å². The van der Waals surface area contributed by atoms with E-state index in [1.165, 1.54) is 32.4 Å². The molecular formula is C28H31F3N6O2. The number of rotatable bonds is 5. The molecule has 1 amide bonds. The molecule has 4 fully saturated rings. The van der Waals surface area contributed by atoms with Crippen LogP contribution in [0.5, 0.6) is 5.75 Å². The molecule has 0 saturated heterocycles. The van der Waals surface area contributed by atoms with E-state index in [1.54, 1.807) is 30.5 Å². The molecule has 1 aliphatic heterocycles. The van der Waals surface area contributed by atoms with Gasteiger partial charge in [0, 0.05) is 18.7 Å². The van der Waals surface area contributed by atoms with E-state index in [9.17, 15) is 18.0 Å². The van der Waals surface area contributed by atoms with E-state index >= 15 is 0 Å². The highest BCUT2D eigenvalue weighted by atomic mass is 19.4. The van der Waals surface area contributed by atoms with Gasteiger partial charge in [0.05, 0.1) is 30.6 Å². The minimum absolute atomic E-state index is 0.0181. The van der Waals surface area contributed by atoms with Gasteiger partial charge in [0.2, 0.25) is 0 Å². The van der Waals surface area contributed by atoms with Crippen molar-refractivity contribution in [3.05, 3.63) is 54.0 Å². The van der Waals surface area contributed by atoms with Crippen molar-refractivity contribution < 1.29 is 22.7 Å². The third-order valence-electron chi connectivity index (χ3n) is 9.25. The summed E-state index contributed by atoms with van der Waals surface area (Å²) >= 11 is 0. The first kappa shape index (κ1) is 24.5. The lowest BCUT2D eigenvalue weighted by Gasteiger charge is -2.56. The Morgan fingerprint density at radius 3 is 2.49 bits per heavy atom. The molecule has 5 aliphatic rings. The van der Waals surface area contributed by atoms with Gasteiger partial charge < -0.3 is 15.4 Å². The minimum atomic E-state index is -4.53. The van der Waals surface area contributed by atoms with Crippen LogP contribution in [0, 0.1) is 17.8 Å². The Labute approximate surface area is 223 Å².